The van der Waals surface area contributed by atoms with Gasteiger partial charge in [0.25, 0.3) is 5.91 Å². The average Bonchev–Trinajstić information content (AvgIpc) is 3.17. The number of nitrogens with one attached hydrogen (secondary N) is 3. The van der Waals surface area contributed by atoms with Crippen LogP contribution < -0.4 is 25.4 Å². The Morgan fingerprint density at radius 1 is 1.10 bits per heavy atom. The lowest BCUT2D eigenvalue weighted by molar-refractivity contribution is 0.0852. The number of carbonyl (C=O) groups excluding carboxylic acids is 2. The minimum Gasteiger partial charge on any atom is -0.454 e. The minimum absolute atomic E-state index is 0.153. The summed E-state index contributed by atoms with van der Waals surface area (Å²) in [4.78, 5) is 26.9. The molecule has 0 bridgehead atoms. The van der Waals surface area contributed by atoms with Crippen LogP contribution in [0.3, 0.4) is 0 Å². The molecule has 29 heavy (non-hydrogen) atoms. The van der Waals surface area contributed by atoms with E-state index in [2.05, 4.69) is 16.0 Å². The van der Waals surface area contributed by atoms with Crippen molar-refractivity contribution in [3.8, 4) is 11.5 Å². The van der Waals surface area contributed by atoms with Crippen molar-refractivity contribution in [1.82, 2.24) is 10.2 Å². The zero-order valence-corrected chi connectivity index (χ0v) is 16.2. The maximum absolute atomic E-state index is 12.7. The summed E-state index contributed by atoms with van der Waals surface area (Å²) in [7, 11) is 0. The van der Waals surface area contributed by atoms with Crippen LogP contribution in [0.5, 0.6) is 11.5 Å². The van der Waals surface area contributed by atoms with Crippen LogP contribution in [0.1, 0.15) is 23.2 Å². The molecular weight excluding hydrogens is 396 g/mol. The number of para-hydroxylation sites is 1. The second kappa shape index (κ2) is 6.73. The number of rotatable bonds is 1. The molecule has 3 amide bonds. The first-order valence-electron chi connectivity index (χ1n) is 9.38. The molecule has 150 valence electrons. The molecule has 1 fully saturated rings. The van der Waals surface area contributed by atoms with Crippen molar-refractivity contribution in [3.05, 3.63) is 47.0 Å². The van der Waals surface area contributed by atoms with Gasteiger partial charge in [-0.1, -0.05) is 17.7 Å². The van der Waals surface area contributed by atoms with Crippen molar-refractivity contribution in [2.45, 2.75) is 18.5 Å². The Balaban J connectivity index is 1.25. The molecule has 8 nitrogen and oxygen atoms in total. The zero-order chi connectivity index (χ0) is 20.0. The molecule has 0 unspecified atom stereocenters. The van der Waals surface area contributed by atoms with Crippen LogP contribution in [0.25, 0.3) is 0 Å². The van der Waals surface area contributed by atoms with Crippen LogP contribution in [0.15, 0.2) is 36.4 Å². The number of urea groups is 1. The monoisotopic (exact) mass is 414 g/mol. The van der Waals surface area contributed by atoms with E-state index in [0.717, 1.165) is 0 Å². The normalized spacial score (nSPS) is 18.7. The molecular formula is C20H19ClN4O4. The maximum Gasteiger partial charge on any atom is 0.321 e. The number of likely N-dealkylation sites (tertiary alicyclic amines) is 1. The van der Waals surface area contributed by atoms with Gasteiger partial charge in [-0.05, 0) is 24.3 Å². The Kier molecular flexibility index (Phi) is 4.16. The third-order valence-electron chi connectivity index (χ3n) is 5.50. The van der Waals surface area contributed by atoms with Gasteiger partial charge in [-0.2, -0.15) is 0 Å². The molecule has 0 radical (unpaired) electrons. The first-order chi connectivity index (χ1) is 14.0. The summed E-state index contributed by atoms with van der Waals surface area (Å²) in [6, 6.07) is 10.3. The minimum atomic E-state index is -0.607. The topological polar surface area (TPSA) is 91.9 Å². The summed E-state index contributed by atoms with van der Waals surface area (Å²) in [5.74, 6) is 1.13. The Bertz CT molecular complexity index is 1000. The number of halogens is 1. The number of hydrogen-bond acceptors (Lipinski definition) is 5. The number of benzene rings is 2. The van der Waals surface area contributed by atoms with Crippen molar-refractivity contribution in [2.24, 2.45) is 0 Å². The van der Waals surface area contributed by atoms with Crippen molar-refractivity contribution in [3.63, 3.8) is 0 Å². The van der Waals surface area contributed by atoms with E-state index in [0.29, 0.717) is 59.4 Å². The predicted molar refractivity (Wildman–Crippen MR) is 108 cm³/mol. The molecule has 3 aliphatic rings. The van der Waals surface area contributed by atoms with Gasteiger partial charge >= 0.3 is 6.03 Å². The molecule has 0 atom stereocenters. The van der Waals surface area contributed by atoms with Crippen molar-refractivity contribution < 1.29 is 19.1 Å². The van der Waals surface area contributed by atoms with Gasteiger partial charge in [0.2, 0.25) is 6.79 Å². The molecule has 9 heteroatoms. The van der Waals surface area contributed by atoms with Gasteiger partial charge in [0, 0.05) is 37.7 Å². The molecule has 2 aromatic rings. The number of nitrogens with zero attached hydrogens (tertiary/aromatic N) is 1. The number of hydrogen-bond donors (Lipinski definition) is 3. The van der Waals surface area contributed by atoms with E-state index >= 15 is 0 Å². The van der Waals surface area contributed by atoms with Gasteiger partial charge in [0.15, 0.2) is 11.5 Å². The summed E-state index contributed by atoms with van der Waals surface area (Å²) in [5.41, 5.74) is 1.22. The van der Waals surface area contributed by atoms with E-state index in [1.165, 1.54) is 0 Å². The van der Waals surface area contributed by atoms with Gasteiger partial charge in [-0.15, -0.1) is 0 Å². The van der Waals surface area contributed by atoms with Crippen LogP contribution in [0, 0.1) is 0 Å². The quantitative estimate of drug-likeness (QED) is 0.666. The summed E-state index contributed by atoms with van der Waals surface area (Å²) < 4.78 is 10.6. The third-order valence-corrected chi connectivity index (χ3v) is 5.82. The SMILES string of the molecule is O=C1NC2(CCN(C(=O)Nc3ccc4c(c3)OCO4)CC2)Nc2c(Cl)cccc21. The van der Waals surface area contributed by atoms with Gasteiger partial charge in [0.05, 0.1) is 16.3 Å². The van der Waals surface area contributed by atoms with Gasteiger partial charge in [-0.3, -0.25) is 4.79 Å². The molecule has 1 saturated heterocycles. The lowest BCUT2D eigenvalue weighted by Gasteiger charge is -2.46. The highest BCUT2D eigenvalue weighted by atomic mass is 35.5. The molecule has 3 N–H and O–H groups in total. The largest absolute Gasteiger partial charge is 0.454 e. The molecule has 0 saturated carbocycles. The average molecular weight is 415 g/mol. The Hall–Kier alpha value is -3.13. The van der Waals surface area contributed by atoms with E-state index in [4.69, 9.17) is 21.1 Å². The molecule has 2 aromatic carbocycles. The van der Waals surface area contributed by atoms with E-state index in [1.54, 1.807) is 41.3 Å². The fourth-order valence-corrected chi connectivity index (χ4v) is 4.14. The predicted octanol–water partition coefficient (Wildman–Crippen LogP) is 3.25. The molecule has 3 aliphatic heterocycles. The molecule has 5 rings (SSSR count). The lowest BCUT2D eigenvalue weighted by atomic mass is 9.92. The smallest absolute Gasteiger partial charge is 0.321 e. The van der Waals surface area contributed by atoms with Crippen molar-refractivity contribution >= 4 is 34.9 Å². The highest BCUT2D eigenvalue weighted by Gasteiger charge is 2.41. The second-order valence-electron chi connectivity index (χ2n) is 7.31. The van der Waals surface area contributed by atoms with Crippen LogP contribution in [0.4, 0.5) is 16.2 Å². The molecule has 0 aromatic heterocycles. The first-order valence-corrected chi connectivity index (χ1v) is 9.76. The van der Waals surface area contributed by atoms with E-state index in [1.807, 2.05) is 0 Å². The van der Waals surface area contributed by atoms with Crippen molar-refractivity contribution in [1.29, 1.82) is 0 Å². The zero-order valence-electron chi connectivity index (χ0n) is 15.5. The fourth-order valence-electron chi connectivity index (χ4n) is 3.91. The molecule has 3 heterocycles. The summed E-state index contributed by atoms with van der Waals surface area (Å²) in [6.45, 7) is 1.17. The first kappa shape index (κ1) is 17.9. The number of anilines is 2. The molecule has 0 aliphatic carbocycles. The number of ether oxygens (including phenoxy) is 2. The summed E-state index contributed by atoms with van der Waals surface area (Å²) >= 11 is 6.28. The van der Waals surface area contributed by atoms with E-state index < -0.39 is 5.66 Å². The Labute approximate surface area is 172 Å². The van der Waals surface area contributed by atoms with E-state index in [-0.39, 0.29) is 18.7 Å². The standard InChI is InChI=1S/C20H19ClN4O4/c21-14-3-1-2-13-17(14)23-20(24-18(13)26)6-8-25(9-7-20)19(27)22-12-4-5-15-16(10-12)29-11-28-15/h1-5,10,23H,6-9,11H2,(H,22,27)(H,24,26). The molecule has 1 spiro atoms. The number of piperidine rings is 1. The lowest BCUT2D eigenvalue weighted by Crippen LogP contribution is -2.63. The summed E-state index contributed by atoms with van der Waals surface area (Å²) in [5, 5.41) is 9.85. The van der Waals surface area contributed by atoms with Crippen molar-refractivity contribution in [2.75, 3.05) is 30.5 Å². The fraction of sp³-hybridized carbons (Fsp3) is 0.300. The van der Waals surface area contributed by atoms with Crippen LogP contribution >= 0.6 is 11.6 Å². The maximum atomic E-state index is 12.7. The van der Waals surface area contributed by atoms with E-state index in [9.17, 15) is 9.59 Å². The number of amides is 3. The van der Waals surface area contributed by atoms with Crippen LogP contribution in [-0.2, 0) is 0 Å². The summed E-state index contributed by atoms with van der Waals surface area (Å²) in [6.07, 6.45) is 1.13. The Morgan fingerprint density at radius 2 is 1.90 bits per heavy atom. The van der Waals surface area contributed by atoms with Crippen LogP contribution in [0.2, 0.25) is 5.02 Å². The van der Waals surface area contributed by atoms with Gasteiger partial charge in [0.1, 0.15) is 5.66 Å². The Morgan fingerprint density at radius 3 is 2.72 bits per heavy atom. The highest BCUT2D eigenvalue weighted by Crippen LogP contribution is 2.36. The highest BCUT2D eigenvalue weighted by molar-refractivity contribution is 6.34. The van der Waals surface area contributed by atoms with Crippen LogP contribution in [-0.4, -0.2) is 42.4 Å². The second-order valence-corrected chi connectivity index (χ2v) is 7.72. The van der Waals surface area contributed by atoms with Gasteiger partial charge in [-0.25, -0.2) is 4.79 Å². The third kappa shape index (κ3) is 3.19. The van der Waals surface area contributed by atoms with Gasteiger partial charge < -0.3 is 30.3 Å². The number of carbonyl (C=O) groups is 2. The number of fused-ring (bicyclic) bond motifs is 2.